The minimum Gasteiger partial charge on any atom is -0.456 e. The highest BCUT2D eigenvalue weighted by atomic mass is 16.3. The van der Waals surface area contributed by atoms with Crippen molar-refractivity contribution in [3.05, 3.63) is 442 Å². The predicted molar refractivity (Wildman–Crippen MR) is 590 cm³/mol. The van der Waals surface area contributed by atoms with Crippen LogP contribution in [0.1, 0.15) is 25.0 Å². The summed E-state index contributed by atoms with van der Waals surface area (Å²) in [5.74, 6) is 4.17. The van der Waals surface area contributed by atoms with Gasteiger partial charge in [0.15, 0.2) is 17.5 Å². The molecule has 674 valence electrons. The summed E-state index contributed by atoms with van der Waals surface area (Å²) in [6, 6.07) is 150. The fraction of sp³-hybridized carbons (Fsp3) is 0.0233. The van der Waals surface area contributed by atoms with Gasteiger partial charge < -0.3 is 22.9 Å². The van der Waals surface area contributed by atoms with Crippen LogP contribution in [-0.4, -0.2) is 58.0 Å². The highest BCUT2D eigenvalue weighted by Crippen LogP contribution is 2.63. The summed E-state index contributed by atoms with van der Waals surface area (Å²) in [5.41, 5.74) is 39.0. The SMILES string of the molecule is CC1(C)c2cccc3c2-c2c1ccc1c4cccc5c4n(c21)-c1c-3cccc1N5c1nc(-c2ccccc2)c2ccccc2n1.c1ccc(-c2nc(-c3ccccc3)nc(-c3ccc(N4c5ccccc5-n5c6cccc7oc8cccc(c9cccc4c95)c8c76)cc3)n2)cc1.c1ccc(-c2nc(N3c4cccc5c6cccc7c6c6c(ccc8c9cccc3c9n(c45)c86)n7-c3ccccn3)nc3ccccc23)cc1. The highest BCUT2D eigenvalue weighted by Gasteiger charge is 2.45. The van der Waals surface area contributed by atoms with Crippen LogP contribution in [0.3, 0.4) is 0 Å². The first-order chi connectivity index (χ1) is 71.8. The first-order valence-corrected chi connectivity index (χ1v) is 49.2. The van der Waals surface area contributed by atoms with E-state index < -0.39 is 0 Å². The Morgan fingerprint density at radius 1 is 0.241 bits per heavy atom. The molecule has 1 aliphatic carbocycles. The molecule has 0 saturated carbocycles. The molecule has 10 aromatic heterocycles. The van der Waals surface area contributed by atoms with Gasteiger partial charge in [0.1, 0.15) is 17.0 Å². The standard InChI is InChI=1S/C45H27N5O.C43H24N6.C41H26N4/c1-3-12-28(13-4-1)43-46-44(29-14-5-2-6-15-29)48-45(47-43)30-24-26-31(27-25-30)49-34-18-7-8-19-35(34)50-36-20-11-23-39-41(36)40-32(16-10-22-38(40)51-39)33-17-9-21-37(49)42(33)50;1-2-11-25(12-3-1)39-30-13-4-5-17-31(30)45-43(46-39)48-34-19-9-15-27-26-14-8-18-32-37(26)38-33(47(32)36-21-6-7-24-44-36)23-22-29-28-16-10-20-35(48)41(28)49(40(27)34)42(29)38;1-41(2)29-17-8-14-24-25-15-9-19-32-37(25)45-38-26(27-21-22-30(41)35(34(24)29)39(27)45)16-10-20-33(38)44(32)40-42-31-18-7-6-13-28(31)36(43-40)23-11-4-3-5-12-23/h1-27H;1-24H;3-22H,1-2H3. The van der Waals surface area contributed by atoms with E-state index in [2.05, 4.69) is 398 Å². The van der Waals surface area contributed by atoms with E-state index in [1.807, 2.05) is 79.0 Å². The van der Waals surface area contributed by atoms with Crippen molar-refractivity contribution in [2.45, 2.75) is 19.3 Å². The van der Waals surface area contributed by atoms with Crippen molar-refractivity contribution in [2.75, 3.05) is 14.7 Å². The number of furan rings is 1. The lowest BCUT2D eigenvalue weighted by atomic mass is 9.81. The second kappa shape index (κ2) is 29.7. The maximum Gasteiger partial charge on any atom is 0.235 e. The molecule has 16 nitrogen and oxygen atoms in total. The number of nitrogens with zero attached hydrogens (tertiary/aromatic N) is 15. The minimum absolute atomic E-state index is 0.0724. The van der Waals surface area contributed by atoms with Gasteiger partial charge in [-0.15, -0.1) is 0 Å². The molecule has 0 saturated heterocycles. The second-order valence-corrected chi connectivity index (χ2v) is 38.7. The molecule has 19 aromatic carbocycles. The van der Waals surface area contributed by atoms with E-state index >= 15 is 0 Å². The van der Waals surface area contributed by atoms with Gasteiger partial charge in [0.2, 0.25) is 11.9 Å². The monoisotopic (exact) mass is 1850 g/mol. The Balaban J connectivity index is 0.0000000973. The quantitative estimate of drug-likeness (QED) is 0.136. The molecule has 4 aliphatic heterocycles. The van der Waals surface area contributed by atoms with E-state index in [4.69, 9.17) is 44.3 Å². The molecule has 14 heterocycles. The van der Waals surface area contributed by atoms with Gasteiger partial charge in [0.05, 0.1) is 123 Å². The topological polar surface area (TPSA) is 145 Å². The van der Waals surface area contributed by atoms with Crippen molar-refractivity contribution in [3.8, 4) is 96.1 Å². The molecule has 16 heteroatoms. The van der Waals surface area contributed by atoms with E-state index in [1.54, 1.807) is 0 Å². The summed E-state index contributed by atoms with van der Waals surface area (Å²) in [6.07, 6.45) is 1.87. The molecule has 0 N–H and O–H groups in total. The summed E-state index contributed by atoms with van der Waals surface area (Å²) in [6.45, 7) is 4.75. The number of anilines is 9. The molecular formula is C129H77N15O. The van der Waals surface area contributed by atoms with Gasteiger partial charge in [0, 0.05) is 115 Å². The maximum atomic E-state index is 6.41. The number of aromatic nitrogens is 12. The molecule has 145 heavy (non-hydrogen) atoms. The summed E-state index contributed by atoms with van der Waals surface area (Å²) >= 11 is 0. The van der Waals surface area contributed by atoms with Crippen LogP contribution >= 0.6 is 0 Å². The van der Waals surface area contributed by atoms with Crippen LogP contribution < -0.4 is 14.7 Å². The van der Waals surface area contributed by atoms with E-state index in [0.717, 1.165) is 167 Å². The molecule has 0 fully saturated rings. The number of hydrogen-bond donors (Lipinski definition) is 0. The molecule has 0 bridgehead atoms. The minimum atomic E-state index is -0.0724. The van der Waals surface area contributed by atoms with Crippen LogP contribution in [0.4, 0.5) is 51.7 Å². The van der Waals surface area contributed by atoms with Crippen molar-refractivity contribution < 1.29 is 4.42 Å². The Hall–Kier alpha value is -19.6. The molecule has 0 atom stereocenters. The summed E-state index contributed by atoms with van der Waals surface area (Å²) in [7, 11) is 0. The Labute approximate surface area is 827 Å². The Kier molecular flexibility index (Phi) is 16.3. The second-order valence-electron chi connectivity index (χ2n) is 38.7. The van der Waals surface area contributed by atoms with Gasteiger partial charge in [-0.25, -0.2) is 39.9 Å². The first kappa shape index (κ1) is 79.4. The number of pyridine rings is 1. The number of fused-ring (bicyclic) bond motifs is 10. The number of benzene rings is 19. The number of hydrogen-bond acceptors (Lipinski definition) is 12. The van der Waals surface area contributed by atoms with Crippen LogP contribution in [0.25, 0.3) is 243 Å². The zero-order chi connectivity index (χ0) is 94.9. The van der Waals surface area contributed by atoms with Crippen LogP contribution in [0.15, 0.2) is 435 Å². The van der Waals surface area contributed by atoms with E-state index in [9.17, 15) is 0 Å². The summed E-state index contributed by atoms with van der Waals surface area (Å²) in [4.78, 5) is 47.8. The molecule has 29 aromatic rings. The Bertz CT molecular complexity index is 10600. The lowest BCUT2D eigenvalue weighted by Crippen LogP contribution is -2.21. The van der Waals surface area contributed by atoms with Crippen molar-refractivity contribution in [1.82, 2.24) is 58.0 Å². The molecule has 0 amide bonds. The van der Waals surface area contributed by atoms with E-state index in [0.29, 0.717) is 29.4 Å². The van der Waals surface area contributed by atoms with Crippen LogP contribution in [0.5, 0.6) is 0 Å². The Morgan fingerprint density at radius 3 is 1.30 bits per heavy atom. The normalized spacial score (nSPS) is 13.2. The smallest absolute Gasteiger partial charge is 0.235 e. The molecule has 34 rings (SSSR count). The van der Waals surface area contributed by atoms with Gasteiger partial charge in [0.25, 0.3) is 0 Å². The zero-order valence-electron chi connectivity index (χ0n) is 78.1. The lowest BCUT2D eigenvalue weighted by Gasteiger charge is -2.34. The molecule has 0 unspecified atom stereocenters. The highest BCUT2D eigenvalue weighted by molar-refractivity contribution is 6.36. The van der Waals surface area contributed by atoms with Crippen molar-refractivity contribution in [3.63, 3.8) is 0 Å². The average molecular weight is 1850 g/mol. The first-order valence-electron chi connectivity index (χ1n) is 49.2. The predicted octanol–water partition coefficient (Wildman–Crippen LogP) is 32.8. The summed E-state index contributed by atoms with van der Waals surface area (Å²) < 4.78 is 16.2. The van der Waals surface area contributed by atoms with Gasteiger partial charge in [-0.3, -0.25) is 14.4 Å². The summed E-state index contributed by atoms with van der Waals surface area (Å²) in [5, 5.41) is 16.6. The third kappa shape index (κ3) is 11.0. The number of para-hydroxylation sites is 9. The van der Waals surface area contributed by atoms with Gasteiger partial charge >= 0.3 is 0 Å². The van der Waals surface area contributed by atoms with Crippen molar-refractivity contribution >= 4 is 199 Å². The van der Waals surface area contributed by atoms with Gasteiger partial charge in [-0.1, -0.05) is 317 Å². The van der Waals surface area contributed by atoms with Gasteiger partial charge in [-0.05, 0) is 154 Å². The van der Waals surface area contributed by atoms with E-state index in [-0.39, 0.29) is 5.41 Å². The van der Waals surface area contributed by atoms with Crippen LogP contribution in [-0.2, 0) is 5.41 Å². The molecule has 0 radical (unpaired) electrons. The molecule has 5 aliphatic rings. The average Bonchev–Trinajstić information content (AvgIpc) is 1.50. The van der Waals surface area contributed by atoms with Crippen molar-refractivity contribution in [2.24, 2.45) is 0 Å². The van der Waals surface area contributed by atoms with Crippen LogP contribution in [0.2, 0.25) is 0 Å². The Morgan fingerprint density at radius 2 is 0.669 bits per heavy atom. The number of rotatable bonds is 9. The molecule has 0 spiro atoms. The van der Waals surface area contributed by atoms with Crippen LogP contribution in [0, 0.1) is 0 Å². The fourth-order valence-corrected chi connectivity index (χ4v) is 24.8. The maximum absolute atomic E-state index is 6.41. The third-order valence-corrected chi connectivity index (χ3v) is 30.8. The zero-order valence-corrected chi connectivity index (χ0v) is 78.1. The molecular weight excluding hydrogens is 1780 g/mol. The fourth-order valence-electron chi connectivity index (χ4n) is 24.8. The lowest BCUT2D eigenvalue weighted by molar-refractivity contribution is 0.661. The van der Waals surface area contributed by atoms with E-state index in [1.165, 1.54) is 109 Å². The third-order valence-electron chi connectivity index (χ3n) is 30.8. The van der Waals surface area contributed by atoms with Crippen molar-refractivity contribution in [1.29, 1.82) is 0 Å². The van der Waals surface area contributed by atoms with Gasteiger partial charge in [-0.2, -0.15) is 0 Å². The largest absolute Gasteiger partial charge is 0.456 e.